The van der Waals surface area contributed by atoms with Crippen molar-refractivity contribution in [3.8, 4) is 0 Å². The third-order valence-corrected chi connectivity index (χ3v) is 4.12. The van der Waals surface area contributed by atoms with Gasteiger partial charge in [0.15, 0.2) is 0 Å². The lowest BCUT2D eigenvalue weighted by molar-refractivity contribution is 0.111. The molecule has 1 fully saturated rings. The Bertz CT molecular complexity index is 362. The highest BCUT2D eigenvalue weighted by molar-refractivity contribution is 7.09. The van der Waals surface area contributed by atoms with Crippen molar-refractivity contribution in [2.24, 2.45) is 0 Å². The van der Waals surface area contributed by atoms with Crippen molar-refractivity contribution in [1.29, 1.82) is 0 Å². The van der Waals surface area contributed by atoms with Gasteiger partial charge >= 0.3 is 0 Å². The van der Waals surface area contributed by atoms with E-state index in [2.05, 4.69) is 22.3 Å². The monoisotopic (exact) mass is 270 g/mol. The van der Waals surface area contributed by atoms with Gasteiger partial charge in [0.2, 0.25) is 0 Å². The molecule has 5 heteroatoms. The predicted molar refractivity (Wildman–Crippen MR) is 72.7 cm³/mol. The Morgan fingerprint density at radius 3 is 3.17 bits per heavy atom. The Labute approximate surface area is 113 Å². The summed E-state index contributed by atoms with van der Waals surface area (Å²) in [4.78, 5) is 6.84. The molecule has 1 aliphatic rings. The van der Waals surface area contributed by atoms with Gasteiger partial charge < -0.3 is 14.7 Å². The minimum Gasteiger partial charge on any atom is -0.393 e. The molecule has 2 unspecified atom stereocenters. The smallest absolute Gasteiger partial charge is 0.122 e. The number of aliphatic hydroxyl groups excluding tert-OH is 1. The van der Waals surface area contributed by atoms with E-state index >= 15 is 0 Å². The minimum atomic E-state index is -0.231. The zero-order valence-corrected chi connectivity index (χ0v) is 11.9. The molecule has 18 heavy (non-hydrogen) atoms. The van der Waals surface area contributed by atoms with Crippen LogP contribution >= 0.6 is 11.3 Å². The van der Waals surface area contributed by atoms with Crippen LogP contribution in [0.5, 0.6) is 0 Å². The summed E-state index contributed by atoms with van der Waals surface area (Å²) < 4.78 is 5.64. The number of hydrogen-bond acceptors (Lipinski definition) is 5. The summed E-state index contributed by atoms with van der Waals surface area (Å²) in [6, 6.07) is 0. The van der Waals surface area contributed by atoms with Gasteiger partial charge in [-0.3, -0.25) is 0 Å². The molecule has 102 valence electrons. The van der Waals surface area contributed by atoms with Gasteiger partial charge in [-0.2, -0.15) is 0 Å². The van der Waals surface area contributed by atoms with Crippen molar-refractivity contribution < 1.29 is 9.84 Å². The quantitative estimate of drug-likeness (QED) is 0.861. The molecular weight excluding hydrogens is 248 g/mol. The van der Waals surface area contributed by atoms with E-state index in [9.17, 15) is 5.11 Å². The van der Waals surface area contributed by atoms with Crippen LogP contribution in [0.3, 0.4) is 0 Å². The molecule has 1 aromatic rings. The highest BCUT2D eigenvalue weighted by Crippen LogP contribution is 2.30. The summed E-state index contributed by atoms with van der Waals surface area (Å²) >= 11 is 1.70. The molecule has 0 saturated carbocycles. The van der Waals surface area contributed by atoms with Gasteiger partial charge in [-0.1, -0.05) is 0 Å². The molecule has 1 aromatic heterocycles. The second kappa shape index (κ2) is 6.61. The molecule has 0 bridgehead atoms. The molecule has 1 aliphatic heterocycles. The molecule has 0 aromatic carbocycles. The zero-order chi connectivity index (χ0) is 13.0. The SMILES string of the molecule is CC(O)CCN(C)Cc1csc(C2CCCO2)n1. The van der Waals surface area contributed by atoms with Gasteiger partial charge in [-0.25, -0.2) is 4.98 Å². The van der Waals surface area contributed by atoms with E-state index < -0.39 is 0 Å². The van der Waals surface area contributed by atoms with Gasteiger partial charge in [0.1, 0.15) is 11.1 Å². The molecule has 1 saturated heterocycles. The van der Waals surface area contributed by atoms with Crippen LogP contribution in [0.1, 0.15) is 43.0 Å². The Morgan fingerprint density at radius 1 is 1.67 bits per heavy atom. The topological polar surface area (TPSA) is 45.6 Å². The van der Waals surface area contributed by atoms with Gasteiger partial charge in [0.05, 0.1) is 11.8 Å². The van der Waals surface area contributed by atoms with E-state index in [-0.39, 0.29) is 12.2 Å². The molecule has 0 spiro atoms. The predicted octanol–water partition coefficient (Wildman–Crippen LogP) is 2.20. The van der Waals surface area contributed by atoms with E-state index in [1.165, 1.54) is 0 Å². The van der Waals surface area contributed by atoms with Crippen LogP contribution in [0.25, 0.3) is 0 Å². The average molecular weight is 270 g/mol. The maximum atomic E-state index is 9.26. The highest BCUT2D eigenvalue weighted by atomic mass is 32.1. The van der Waals surface area contributed by atoms with Gasteiger partial charge in [0.25, 0.3) is 0 Å². The fourth-order valence-corrected chi connectivity index (χ4v) is 2.97. The fourth-order valence-electron chi connectivity index (χ4n) is 2.08. The van der Waals surface area contributed by atoms with Crippen LogP contribution in [-0.4, -0.2) is 41.3 Å². The second-order valence-corrected chi connectivity index (χ2v) is 5.94. The van der Waals surface area contributed by atoms with Crippen LogP contribution in [0.2, 0.25) is 0 Å². The maximum Gasteiger partial charge on any atom is 0.122 e. The number of aromatic nitrogens is 1. The largest absolute Gasteiger partial charge is 0.393 e. The maximum absolute atomic E-state index is 9.26. The van der Waals surface area contributed by atoms with E-state index in [1.54, 1.807) is 11.3 Å². The molecule has 0 radical (unpaired) electrons. The Hall–Kier alpha value is -0.490. The van der Waals surface area contributed by atoms with E-state index in [1.807, 2.05) is 6.92 Å². The van der Waals surface area contributed by atoms with Crippen LogP contribution in [0.15, 0.2) is 5.38 Å². The number of thiazole rings is 1. The number of ether oxygens (including phenoxy) is 1. The summed E-state index contributed by atoms with van der Waals surface area (Å²) in [6.45, 7) is 4.43. The molecule has 2 heterocycles. The first-order chi connectivity index (χ1) is 8.65. The molecule has 2 atom stereocenters. The number of aliphatic hydroxyl groups is 1. The number of rotatable bonds is 6. The third kappa shape index (κ3) is 4.02. The van der Waals surface area contributed by atoms with Crippen molar-refractivity contribution in [2.75, 3.05) is 20.2 Å². The van der Waals surface area contributed by atoms with Gasteiger partial charge in [-0.05, 0) is 33.2 Å². The summed E-state index contributed by atoms with van der Waals surface area (Å²) in [7, 11) is 2.06. The lowest BCUT2D eigenvalue weighted by atomic mass is 10.2. The standard InChI is InChI=1S/C13H22N2O2S/c1-10(16)5-6-15(2)8-11-9-18-13(14-11)12-4-3-7-17-12/h9-10,12,16H,3-8H2,1-2H3. The Balaban J connectivity index is 1.82. The highest BCUT2D eigenvalue weighted by Gasteiger charge is 2.21. The van der Waals surface area contributed by atoms with E-state index in [0.29, 0.717) is 0 Å². The van der Waals surface area contributed by atoms with Crippen LogP contribution in [-0.2, 0) is 11.3 Å². The van der Waals surface area contributed by atoms with Crippen LogP contribution < -0.4 is 0 Å². The molecule has 0 amide bonds. The molecule has 1 N–H and O–H groups in total. The molecule has 4 nitrogen and oxygen atoms in total. The molecule has 0 aliphatic carbocycles. The van der Waals surface area contributed by atoms with E-state index in [0.717, 1.165) is 49.7 Å². The molecular formula is C13H22N2O2S. The summed E-state index contributed by atoms with van der Waals surface area (Å²) in [6.07, 6.45) is 3.05. The Kier molecular flexibility index (Phi) is 5.12. The van der Waals surface area contributed by atoms with Crippen molar-refractivity contribution in [3.63, 3.8) is 0 Å². The summed E-state index contributed by atoms with van der Waals surface area (Å²) in [5.41, 5.74) is 1.11. The zero-order valence-electron chi connectivity index (χ0n) is 11.1. The van der Waals surface area contributed by atoms with Gasteiger partial charge in [-0.15, -0.1) is 11.3 Å². The van der Waals surface area contributed by atoms with Crippen LogP contribution in [0, 0.1) is 0 Å². The average Bonchev–Trinajstić information content (AvgIpc) is 2.95. The first kappa shape index (κ1) is 13.9. The third-order valence-electron chi connectivity index (χ3n) is 3.14. The van der Waals surface area contributed by atoms with Gasteiger partial charge in [0, 0.05) is 25.1 Å². The van der Waals surface area contributed by atoms with Crippen molar-refractivity contribution in [1.82, 2.24) is 9.88 Å². The fraction of sp³-hybridized carbons (Fsp3) is 0.769. The normalized spacial score (nSPS) is 21.7. The minimum absolute atomic E-state index is 0.228. The van der Waals surface area contributed by atoms with Crippen molar-refractivity contribution in [2.45, 2.75) is 44.9 Å². The molecule has 2 rings (SSSR count). The lowest BCUT2D eigenvalue weighted by Crippen LogP contribution is -2.22. The number of hydrogen-bond donors (Lipinski definition) is 1. The van der Waals surface area contributed by atoms with Crippen molar-refractivity contribution >= 4 is 11.3 Å². The second-order valence-electron chi connectivity index (χ2n) is 5.05. The van der Waals surface area contributed by atoms with Crippen LogP contribution in [0.4, 0.5) is 0 Å². The first-order valence-electron chi connectivity index (χ1n) is 6.57. The summed E-state index contributed by atoms with van der Waals surface area (Å²) in [5.74, 6) is 0. The summed E-state index contributed by atoms with van der Waals surface area (Å²) in [5, 5.41) is 12.5. The first-order valence-corrected chi connectivity index (χ1v) is 7.45. The van der Waals surface area contributed by atoms with Crippen molar-refractivity contribution in [3.05, 3.63) is 16.1 Å². The lowest BCUT2D eigenvalue weighted by Gasteiger charge is -2.16. The van der Waals surface area contributed by atoms with E-state index in [4.69, 9.17) is 4.74 Å². The number of nitrogens with zero attached hydrogens (tertiary/aromatic N) is 2. The Morgan fingerprint density at radius 2 is 2.50 bits per heavy atom.